The first kappa shape index (κ1) is 18.7. The van der Waals surface area contributed by atoms with Crippen LogP contribution < -0.4 is 15.0 Å². The van der Waals surface area contributed by atoms with Crippen molar-refractivity contribution in [3.8, 4) is 5.75 Å². The topological polar surface area (TPSA) is 54.5 Å². The summed E-state index contributed by atoms with van der Waals surface area (Å²) in [6.07, 6.45) is 2.45. The highest BCUT2D eigenvalue weighted by Crippen LogP contribution is 2.32. The van der Waals surface area contributed by atoms with Crippen LogP contribution in [0.3, 0.4) is 0 Å². The van der Waals surface area contributed by atoms with E-state index in [9.17, 15) is 4.79 Å². The lowest BCUT2D eigenvalue weighted by atomic mass is 9.98. The van der Waals surface area contributed by atoms with Crippen molar-refractivity contribution in [3.63, 3.8) is 0 Å². The van der Waals surface area contributed by atoms with Crippen LogP contribution >= 0.6 is 11.3 Å². The minimum Gasteiger partial charge on any atom is -0.492 e. The predicted octanol–water partition coefficient (Wildman–Crippen LogP) is 5.18. The molecule has 1 saturated heterocycles. The summed E-state index contributed by atoms with van der Waals surface area (Å²) in [5.74, 6) is 1.41. The average Bonchev–Trinajstić information content (AvgIpc) is 3.12. The Labute approximate surface area is 169 Å². The van der Waals surface area contributed by atoms with Gasteiger partial charge in [-0.25, -0.2) is 4.98 Å². The second-order valence-corrected chi connectivity index (χ2v) is 8.26. The fraction of sp³-hybridized carbons (Fsp3) is 0.364. The summed E-state index contributed by atoms with van der Waals surface area (Å²) in [5, 5.41) is 3.51. The number of nitrogens with zero attached hydrogens (tertiary/aromatic N) is 2. The Balaban J connectivity index is 1.46. The highest BCUT2D eigenvalue weighted by molar-refractivity contribution is 7.22. The molecule has 1 aliphatic rings. The molecule has 2 heterocycles. The van der Waals surface area contributed by atoms with E-state index >= 15 is 0 Å². The van der Waals surface area contributed by atoms with Crippen LogP contribution in [0, 0.1) is 5.92 Å². The van der Waals surface area contributed by atoms with Crippen molar-refractivity contribution in [1.29, 1.82) is 0 Å². The lowest BCUT2D eigenvalue weighted by Gasteiger charge is -2.32. The number of fused-ring (bicyclic) bond motifs is 1. The predicted molar refractivity (Wildman–Crippen MR) is 116 cm³/mol. The maximum absolute atomic E-state index is 12.6. The fourth-order valence-corrected chi connectivity index (χ4v) is 4.39. The Morgan fingerprint density at radius 3 is 2.68 bits per heavy atom. The quantitative estimate of drug-likeness (QED) is 0.646. The van der Waals surface area contributed by atoms with Gasteiger partial charge in [0.25, 0.3) is 5.91 Å². The van der Waals surface area contributed by atoms with Crippen LogP contribution in [0.25, 0.3) is 10.2 Å². The molecule has 0 saturated carbocycles. The van der Waals surface area contributed by atoms with Gasteiger partial charge in [-0.05, 0) is 62.1 Å². The van der Waals surface area contributed by atoms with E-state index in [-0.39, 0.29) is 5.91 Å². The number of thiazole rings is 1. The molecule has 1 fully saturated rings. The highest BCUT2D eigenvalue weighted by Gasteiger charge is 2.17. The van der Waals surface area contributed by atoms with Crippen LogP contribution in [0.1, 0.15) is 37.0 Å². The molecule has 6 heteroatoms. The molecule has 146 valence electrons. The zero-order chi connectivity index (χ0) is 19.5. The van der Waals surface area contributed by atoms with Gasteiger partial charge < -0.3 is 9.64 Å². The van der Waals surface area contributed by atoms with E-state index in [0.717, 1.165) is 35.0 Å². The third kappa shape index (κ3) is 3.97. The molecule has 28 heavy (non-hydrogen) atoms. The van der Waals surface area contributed by atoms with Crippen molar-refractivity contribution >= 4 is 38.3 Å². The Kier molecular flexibility index (Phi) is 5.48. The Morgan fingerprint density at radius 2 is 1.96 bits per heavy atom. The second kappa shape index (κ2) is 8.19. The van der Waals surface area contributed by atoms with E-state index < -0.39 is 0 Å². The lowest BCUT2D eigenvalue weighted by Crippen LogP contribution is -2.32. The van der Waals surface area contributed by atoms with Gasteiger partial charge in [-0.3, -0.25) is 10.1 Å². The number of para-hydroxylation sites is 1. The molecule has 0 unspecified atom stereocenters. The van der Waals surface area contributed by atoms with Gasteiger partial charge in [0, 0.05) is 24.3 Å². The van der Waals surface area contributed by atoms with Crippen molar-refractivity contribution in [2.45, 2.75) is 26.7 Å². The van der Waals surface area contributed by atoms with E-state index in [0.29, 0.717) is 17.3 Å². The first-order chi connectivity index (χ1) is 13.6. The number of ether oxygens (including phenoxy) is 1. The van der Waals surface area contributed by atoms with E-state index in [1.54, 1.807) is 0 Å². The molecule has 5 nitrogen and oxygen atoms in total. The first-order valence-corrected chi connectivity index (χ1v) is 10.6. The normalized spacial score (nSPS) is 15.0. The zero-order valence-electron chi connectivity index (χ0n) is 16.3. The fourth-order valence-electron chi connectivity index (χ4n) is 3.51. The third-order valence-electron chi connectivity index (χ3n) is 5.18. The van der Waals surface area contributed by atoms with Gasteiger partial charge in [-0.2, -0.15) is 0 Å². The highest BCUT2D eigenvalue weighted by atomic mass is 32.1. The maximum atomic E-state index is 12.6. The molecule has 0 aliphatic carbocycles. The summed E-state index contributed by atoms with van der Waals surface area (Å²) in [7, 11) is 0. The Morgan fingerprint density at radius 1 is 1.21 bits per heavy atom. The number of carbonyl (C=O) groups is 1. The number of nitrogens with one attached hydrogen (secondary N) is 1. The van der Waals surface area contributed by atoms with Crippen LogP contribution in [0.4, 0.5) is 10.8 Å². The van der Waals surface area contributed by atoms with E-state index in [1.807, 2.05) is 49.4 Å². The first-order valence-electron chi connectivity index (χ1n) is 9.82. The summed E-state index contributed by atoms with van der Waals surface area (Å²) < 4.78 is 6.62. The lowest BCUT2D eigenvalue weighted by molar-refractivity contribution is 0.102. The number of carbonyl (C=O) groups excluding carboxylic acids is 1. The molecular formula is C22H25N3O2S. The van der Waals surface area contributed by atoms with Gasteiger partial charge in [-0.15, -0.1) is 0 Å². The molecule has 0 spiro atoms. The van der Waals surface area contributed by atoms with E-state index in [2.05, 4.69) is 22.1 Å². The van der Waals surface area contributed by atoms with Gasteiger partial charge >= 0.3 is 0 Å². The number of hydrogen-bond donors (Lipinski definition) is 1. The molecule has 3 aromatic rings. The number of anilines is 2. The number of piperidine rings is 1. The number of aromatic nitrogens is 1. The van der Waals surface area contributed by atoms with Crippen molar-refractivity contribution in [3.05, 3.63) is 48.0 Å². The molecule has 0 bridgehead atoms. The van der Waals surface area contributed by atoms with Gasteiger partial charge in [0.1, 0.15) is 11.3 Å². The van der Waals surface area contributed by atoms with Gasteiger partial charge in [-0.1, -0.05) is 24.3 Å². The van der Waals surface area contributed by atoms with Crippen molar-refractivity contribution in [2.24, 2.45) is 5.92 Å². The molecule has 1 aliphatic heterocycles. The van der Waals surface area contributed by atoms with Gasteiger partial charge in [0.2, 0.25) is 0 Å². The molecule has 2 aromatic carbocycles. The molecule has 1 aromatic heterocycles. The summed E-state index contributed by atoms with van der Waals surface area (Å²) in [4.78, 5) is 19.6. The molecule has 0 atom stereocenters. The van der Waals surface area contributed by atoms with Crippen LogP contribution in [0.2, 0.25) is 0 Å². The molecule has 4 rings (SSSR count). The minimum absolute atomic E-state index is 0.143. The minimum atomic E-state index is -0.143. The van der Waals surface area contributed by atoms with Crippen molar-refractivity contribution in [2.75, 3.05) is 29.9 Å². The SMILES string of the molecule is CCOc1cccc2sc(NC(=O)c3ccc(N4CCC(C)CC4)cc3)nc12. The maximum Gasteiger partial charge on any atom is 0.257 e. The Bertz CT molecular complexity index is 960. The second-order valence-electron chi connectivity index (χ2n) is 7.23. The van der Waals surface area contributed by atoms with Gasteiger partial charge in [0.05, 0.1) is 11.3 Å². The smallest absolute Gasteiger partial charge is 0.257 e. The van der Waals surface area contributed by atoms with Crippen molar-refractivity contribution in [1.82, 2.24) is 4.98 Å². The summed E-state index contributed by atoms with van der Waals surface area (Å²) >= 11 is 1.46. The van der Waals surface area contributed by atoms with Crippen LogP contribution in [-0.4, -0.2) is 30.6 Å². The van der Waals surface area contributed by atoms with E-state index in [4.69, 9.17) is 4.74 Å². The zero-order valence-corrected chi connectivity index (χ0v) is 17.1. The summed E-state index contributed by atoms with van der Waals surface area (Å²) in [5.41, 5.74) is 2.61. The standard InChI is InChI=1S/C22H25N3O2S/c1-3-27-18-5-4-6-19-20(18)23-22(28-19)24-21(26)16-7-9-17(10-8-16)25-13-11-15(2)12-14-25/h4-10,15H,3,11-14H2,1-2H3,(H,23,24,26). The number of amides is 1. The van der Waals surface area contributed by atoms with Crippen molar-refractivity contribution < 1.29 is 9.53 Å². The van der Waals surface area contributed by atoms with Crippen LogP contribution in [-0.2, 0) is 0 Å². The van der Waals surface area contributed by atoms with E-state index in [1.165, 1.54) is 29.9 Å². The molecule has 1 N–H and O–H groups in total. The summed E-state index contributed by atoms with van der Waals surface area (Å²) in [6.45, 7) is 7.01. The number of hydrogen-bond acceptors (Lipinski definition) is 5. The van der Waals surface area contributed by atoms with Crippen LogP contribution in [0.15, 0.2) is 42.5 Å². The third-order valence-corrected chi connectivity index (χ3v) is 6.12. The van der Waals surface area contributed by atoms with Crippen LogP contribution in [0.5, 0.6) is 5.75 Å². The number of benzene rings is 2. The summed E-state index contributed by atoms with van der Waals surface area (Å²) in [6, 6.07) is 13.7. The monoisotopic (exact) mass is 395 g/mol. The molecule has 0 radical (unpaired) electrons. The molecular weight excluding hydrogens is 370 g/mol. The number of rotatable bonds is 5. The van der Waals surface area contributed by atoms with Gasteiger partial charge in [0.15, 0.2) is 5.13 Å². The average molecular weight is 396 g/mol. The largest absolute Gasteiger partial charge is 0.492 e. The molecule has 1 amide bonds. The Hall–Kier alpha value is -2.60.